The van der Waals surface area contributed by atoms with Gasteiger partial charge in [0.2, 0.25) is 0 Å². The fourth-order valence-electron chi connectivity index (χ4n) is 2.94. The molecular formula is C17H24ClNO. The minimum Gasteiger partial charge on any atom is -0.496 e. The minimum atomic E-state index is 0. The summed E-state index contributed by atoms with van der Waals surface area (Å²) in [7, 11) is 1.75. The Bertz CT molecular complexity index is 434. The fraction of sp³-hybridized carbons (Fsp3) is 0.412. The maximum Gasteiger partial charge on any atom is 0.122 e. The van der Waals surface area contributed by atoms with Gasteiger partial charge in [-0.05, 0) is 36.5 Å². The first-order valence-electron chi connectivity index (χ1n) is 6.90. The summed E-state index contributed by atoms with van der Waals surface area (Å²) in [5, 5.41) is 0. The van der Waals surface area contributed by atoms with Crippen LogP contribution in [0.4, 0.5) is 0 Å². The van der Waals surface area contributed by atoms with Crippen LogP contribution in [0.5, 0.6) is 5.75 Å². The van der Waals surface area contributed by atoms with Gasteiger partial charge in [-0.2, -0.15) is 0 Å². The summed E-state index contributed by atoms with van der Waals surface area (Å²) in [6, 6.07) is 6.93. The van der Waals surface area contributed by atoms with Crippen LogP contribution in [0.2, 0.25) is 0 Å². The Morgan fingerprint density at radius 1 is 1.30 bits per heavy atom. The van der Waals surface area contributed by atoms with Crippen LogP contribution in [0, 0.1) is 0 Å². The fourth-order valence-corrected chi connectivity index (χ4v) is 2.94. The molecule has 2 rings (SSSR count). The van der Waals surface area contributed by atoms with Gasteiger partial charge in [0.05, 0.1) is 7.11 Å². The number of nitrogens with zero attached hydrogens (tertiary/aromatic N) is 1. The van der Waals surface area contributed by atoms with Crippen molar-refractivity contribution in [3.8, 4) is 5.75 Å². The van der Waals surface area contributed by atoms with E-state index in [1.54, 1.807) is 7.11 Å². The second kappa shape index (κ2) is 8.13. The first-order valence-corrected chi connectivity index (χ1v) is 6.90. The van der Waals surface area contributed by atoms with Crippen LogP contribution in [0.25, 0.3) is 0 Å². The number of hydrogen-bond donors (Lipinski definition) is 0. The molecule has 0 saturated heterocycles. The molecule has 0 N–H and O–H groups in total. The van der Waals surface area contributed by atoms with Crippen molar-refractivity contribution in [1.82, 2.24) is 4.90 Å². The highest BCUT2D eigenvalue weighted by molar-refractivity contribution is 5.85. The van der Waals surface area contributed by atoms with E-state index in [1.807, 2.05) is 12.2 Å². The van der Waals surface area contributed by atoms with E-state index < -0.39 is 0 Å². The molecule has 0 radical (unpaired) electrons. The summed E-state index contributed by atoms with van der Waals surface area (Å²) in [4.78, 5) is 2.44. The van der Waals surface area contributed by atoms with Gasteiger partial charge in [0.1, 0.15) is 5.75 Å². The maximum atomic E-state index is 5.50. The third kappa shape index (κ3) is 3.65. The molecule has 0 aliphatic heterocycles. The third-order valence-corrected chi connectivity index (χ3v) is 3.88. The SMILES string of the molecule is C=CCN(CC=C)C1CCc2cccc(OC)c2C1.Cl. The molecule has 0 aromatic heterocycles. The van der Waals surface area contributed by atoms with Crippen molar-refractivity contribution in [2.24, 2.45) is 0 Å². The predicted molar refractivity (Wildman–Crippen MR) is 88.0 cm³/mol. The number of halogens is 1. The third-order valence-electron chi connectivity index (χ3n) is 3.88. The second-order valence-corrected chi connectivity index (χ2v) is 5.03. The van der Waals surface area contributed by atoms with Gasteiger partial charge in [0.25, 0.3) is 0 Å². The number of aryl methyl sites for hydroxylation is 1. The number of hydrogen-bond acceptors (Lipinski definition) is 2. The van der Waals surface area contributed by atoms with Crippen molar-refractivity contribution in [2.75, 3.05) is 20.2 Å². The molecule has 0 fully saturated rings. The molecule has 1 aromatic carbocycles. The first kappa shape index (κ1) is 16.8. The smallest absolute Gasteiger partial charge is 0.122 e. The van der Waals surface area contributed by atoms with Gasteiger partial charge < -0.3 is 4.74 Å². The van der Waals surface area contributed by atoms with Crippen LogP contribution >= 0.6 is 12.4 Å². The number of methoxy groups -OCH3 is 1. The van der Waals surface area contributed by atoms with Gasteiger partial charge in [-0.1, -0.05) is 24.3 Å². The number of rotatable bonds is 6. The standard InChI is InChI=1S/C17H23NO.ClH/c1-4-11-18(12-5-2)15-10-9-14-7-6-8-17(19-3)16(14)13-15;/h4-8,15H,1-2,9-13H2,3H3;1H. The van der Waals surface area contributed by atoms with E-state index in [4.69, 9.17) is 4.74 Å². The Labute approximate surface area is 128 Å². The van der Waals surface area contributed by atoms with Crippen molar-refractivity contribution in [1.29, 1.82) is 0 Å². The van der Waals surface area contributed by atoms with Gasteiger partial charge in [0.15, 0.2) is 0 Å². The van der Waals surface area contributed by atoms with Gasteiger partial charge in [-0.25, -0.2) is 0 Å². The first-order chi connectivity index (χ1) is 9.30. The zero-order chi connectivity index (χ0) is 13.7. The summed E-state index contributed by atoms with van der Waals surface area (Å²) < 4.78 is 5.50. The average molecular weight is 294 g/mol. The van der Waals surface area contributed by atoms with Crippen LogP contribution in [-0.4, -0.2) is 31.1 Å². The molecule has 1 atom stereocenters. The van der Waals surface area contributed by atoms with E-state index in [1.165, 1.54) is 17.5 Å². The summed E-state index contributed by atoms with van der Waals surface area (Å²) in [6.07, 6.45) is 7.33. The molecule has 1 aliphatic rings. The lowest BCUT2D eigenvalue weighted by molar-refractivity contribution is 0.218. The highest BCUT2D eigenvalue weighted by Crippen LogP contribution is 2.31. The van der Waals surface area contributed by atoms with E-state index in [9.17, 15) is 0 Å². The Morgan fingerprint density at radius 3 is 2.60 bits per heavy atom. The summed E-state index contributed by atoms with van der Waals surface area (Å²) in [6.45, 7) is 9.55. The van der Waals surface area contributed by atoms with Crippen LogP contribution < -0.4 is 4.74 Å². The van der Waals surface area contributed by atoms with E-state index in [0.717, 1.165) is 31.7 Å². The van der Waals surface area contributed by atoms with E-state index in [-0.39, 0.29) is 12.4 Å². The molecule has 20 heavy (non-hydrogen) atoms. The minimum absolute atomic E-state index is 0. The normalized spacial score (nSPS) is 17.0. The molecule has 110 valence electrons. The van der Waals surface area contributed by atoms with Crippen LogP contribution in [-0.2, 0) is 12.8 Å². The van der Waals surface area contributed by atoms with Crippen LogP contribution in [0.15, 0.2) is 43.5 Å². The van der Waals surface area contributed by atoms with Crippen molar-refractivity contribution in [3.05, 3.63) is 54.6 Å². The van der Waals surface area contributed by atoms with Crippen molar-refractivity contribution in [2.45, 2.75) is 25.3 Å². The molecule has 0 saturated carbocycles. The molecular weight excluding hydrogens is 270 g/mol. The maximum absolute atomic E-state index is 5.50. The van der Waals surface area contributed by atoms with Gasteiger partial charge in [0, 0.05) is 19.1 Å². The highest BCUT2D eigenvalue weighted by Gasteiger charge is 2.25. The Balaban J connectivity index is 0.00000200. The molecule has 1 aromatic rings. The van der Waals surface area contributed by atoms with Crippen molar-refractivity contribution < 1.29 is 4.74 Å². The molecule has 3 heteroatoms. The number of fused-ring (bicyclic) bond motifs is 1. The second-order valence-electron chi connectivity index (χ2n) is 5.03. The molecule has 0 bridgehead atoms. The lowest BCUT2D eigenvalue weighted by atomic mass is 9.86. The molecule has 1 aliphatic carbocycles. The van der Waals surface area contributed by atoms with Gasteiger partial charge in [-0.3, -0.25) is 4.90 Å². The summed E-state index contributed by atoms with van der Waals surface area (Å²) >= 11 is 0. The van der Waals surface area contributed by atoms with Gasteiger partial charge in [-0.15, -0.1) is 25.6 Å². The topological polar surface area (TPSA) is 12.5 Å². The lowest BCUT2D eigenvalue weighted by Gasteiger charge is -2.34. The van der Waals surface area contributed by atoms with Crippen molar-refractivity contribution >= 4 is 12.4 Å². The van der Waals surface area contributed by atoms with E-state index >= 15 is 0 Å². The Kier molecular flexibility index (Phi) is 6.83. The summed E-state index contributed by atoms with van der Waals surface area (Å²) in [5.74, 6) is 1.03. The Morgan fingerprint density at radius 2 is 2.00 bits per heavy atom. The average Bonchev–Trinajstić information content (AvgIpc) is 2.46. The predicted octanol–water partition coefficient (Wildman–Crippen LogP) is 3.65. The Hall–Kier alpha value is -1.25. The molecule has 0 spiro atoms. The highest BCUT2D eigenvalue weighted by atomic mass is 35.5. The monoisotopic (exact) mass is 293 g/mol. The van der Waals surface area contributed by atoms with Gasteiger partial charge >= 0.3 is 0 Å². The largest absolute Gasteiger partial charge is 0.496 e. The van der Waals surface area contributed by atoms with E-state index in [2.05, 4.69) is 36.3 Å². The number of ether oxygens (including phenoxy) is 1. The zero-order valence-corrected chi connectivity index (χ0v) is 13.0. The zero-order valence-electron chi connectivity index (χ0n) is 12.2. The van der Waals surface area contributed by atoms with Crippen LogP contribution in [0.3, 0.4) is 0 Å². The molecule has 0 amide bonds. The summed E-state index contributed by atoms with van der Waals surface area (Å²) in [5.41, 5.74) is 2.81. The molecule has 0 heterocycles. The molecule has 2 nitrogen and oxygen atoms in total. The lowest BCUT2D eigenvalue weighted by Crippen LogP contribution is -2.39. The quantitative estimate of drug-likeness (QED) is 0.742. The van der Waals surface area contributed by atoms with Crippen molar-refractivity contribution in [3.63, 3.8) is 0 Å². The number of benzene rings is 1. The van der Waals surface area contributed by atoms with E-state index in [0.29, 0.717) is 6.04 Å². The molecule has 1 unspecified atom stereocenters. The van der Waals surface area contributed by atoms with Crippen LogP contribution in [0.1, 0.15) is 17.5 Å².